The molecule has 3 unspecified atom stereocenters. The van der Waals surface area contributed by atoms with Crippen molar-refractivity contribution in [2.24, 2.45) is 11.8 Å². The first-order chi connectivity index (χ1) is 9.56. The summed E-state index contributed by atoms with van der Waals surface area (Å²) in [6.45, 7) is 4.65. The van der Waals surface area contributed by atoms with Crippen molar-refractivity contribution >= 4 is 11.4 Å². The second-order valence-corrected chi connectivity index (χ2v) is 5.81. The van der Waals surface area contributed by atoms with Crippen molar-refractivity contribution in [2.45, 2.75) is 39.2 Å². The van der Waals surface area contributed by atoms with Gasteiger partial charge in [0.25, 0.3) is 0 Å². The Morgan fingerprint density at radius 1 is 1.10 bits per heavy atom. The van der Waals surface area contributed by atoms with Gasteiger partial charge in [-0.3, -0.25) is 0 Å². The predicted octanol–water partition coefficient (Wildman–Crippen LogP) is 3.52. The minimum Gasteiger partial charge on any atom is -0.493 e. The van der Waals surface area contributed by atoms with Gasteiger partial charge in [-0.15, -0.1) is 0 Å². The SMILES string of the molecule is COc1cc(N)c(NC2CCCC(C)C2C)cc1OC. The first-order valence-corrected chi connectivity index (χ1v) is 7.34. The molecular weight excluding hydrogens is 252 g/mol. The fraction of sp³-hybridized carbons (Fsp3) is 0.625. The molecule has 1 fully saturated rings. The zero-order chi connectivity index (χ0) is 14.7. The lowest BCUT2D eigenvalue weighted by molar-refractivity contribution is 0.253. The number of ether oxygens (including phenoxy) is 2. The first kappa shape index (κ1) is 14.8. The van der Waals surface area contributed by atoms with Crippen LogP contribution in [0.2, 0.25) is 0 Å². The second kappa shape index (κ2) is 6.25. The Morgan fingerprint density at radius 3 is 2.40 bits per heavy atom. The summed E-state index contributed by atoms with van der Waals surface area (Å²) in [5, 5.41) is 3.59. The summed E-state index contributed by atoms with van der Waals surface area (Å²) in [5.74, 6) is 2.78. The van der Waals surface area contributed by atoms with Gasteiger partial charge in [0.15, 0.2) is 11.5 Å². The van der Waals surface area contributed by atoms with Crippen molar-refractivity contribution in [2.75, 3.05) is 25.3 Å². The van der Waals surface area contributed by atoms with Crippen LogP contribution in [0.15, 0.2) is 12.1 Å². The number of methoxy groups -OCH3 is 2. The molecule has 0 heterocycles. The molecule has 3 N–H and O–H groups in total. The van der Waals surface area contributed by atoms with Crippen LogP contribution >= 0.6 is 0 Å². The molecule has 0 amide bonds. The normalized spacial score (nSPS) is 26.1. The largest absolute Gasteiger partial charge is 0.493 e. The second-order valence-electron chi connectivity index (χ2n) is 5.81. The molecule has 0 bridgehead atoms. The molecule has 1 aliphatic carbocycles. The van der Waals surface area contributed by atoms with E-state index < -0.39 is 0 Å². The third-order valence-electron chi connectivity index (χ3n) is 4.60. The van der Waals surface area contributed by atoms with Gasteiger partial charge in [-0.2, -0.15) is 0 Å². The highest BCUT2D eigenvalue weighted by Gasteiger charge is 2.27. The van der Waals surface area contributed by atoms with E-state index in [4.69, 9.17) is 15.2 Å². The van der Waals surface area contributed by atoms with Gasteiger partial charge in [-0.05, 0) is 18.3 Å². The highest BCUT2D eigenvalue weighted by molar-refractivity contribution is 5.72. The zero-order valence-corrected chi connectivity index (χ0v) is 12.9. The van der Waals surface area contributed by atoms with E-state index in [-0.39, 0.29) is 0 Å². The van der Waals surface area contributed by atoms with E-state index in [9.17, 15) is 0 Å². The van der Waals surface area contributed by atoms with Crippen molar-refractivity contribution in [3.05, 3.63) is 12.1 Å². The molecule has 2 rings (SSSR count). The molecule has 0 aromatic heterocycles. The average molecular weight is 278 g/mol. The number of hydrogen-bond acceptors (Lipinski definition) is 4. The standard InChI is InChI=1S/C16H26N2O2/c1-10-6-5-7-13(11(10)2)18-14-9-16(20-4)15(19-3)8-12(14)17/h8-11,13,18H,5-7,17H2,1-4H3. The van der Waals surface area contributed by atoms with Crippen LogP contribution in [0.4, 0.5) is 11.4 Å². The summed E-state index contributed by atoms with van der Waals surface area (Å²) in [7, 11) is 3.26. The molecular formula is C16H26N2O2. The van der Waals surface area contributed by atoms with E-state index in [0.29, 0.717) is 29.1 Å². The lowest BCUT2D eigenvalue weighted by atomic mass is 9.78. The molecule has 1 aromatic carbocycles. The van der Waals surface area contributed by atoms with Gasteiger partial charge in [0.2, 0.25) is 0 Å². The topological polar surface area (TPSA) is 56.5 Å². The van der Waals surface area contributed by atoms with E-state index in [1.54, 1.807) is 14.2 Å². The number of benzene rings is 1. The fourth-order valence-electron chi connectivity index (χ4n) is 3.01. The van der Waals surface area contributed by atoms with Gasteiger partial charge in [-0.25, -0.2) is 0 Å². The molecule has 4 nitrogen and oxygen atoms in total. The zero-order valence-electron chi connectivity index (χ0n) is 12.9. The van der Waals surface area contributed by atoms with Gasteiger partial charge in [-0.1, -0.05) is 26.7 Å². The Hall–Kier alpha value is -1.58. The van der Waals surface area contributed by atoms with Crippen LogP contribution in [0.25, 0.3) is 0 Å². The average Bonchev–Trinajstić information content (AvgIpc) is 2.45. The van der Waals surface area contributed by atoms with Crippen molar-refractivity contribution in [3.8, 4) is 11.5 Å². The van der Waals surface area contributed by atoms with Crippen LogP contribution in [0, 0.1) is 11.8 Å². The Balaban J connectivity index is 2.20. The molecule has 1 aromatic rings. The van der Waals surface area contributed by atoms with Crippen LogP contribution in [-0.4, -0.2) is 20.3 Å². The van der Waals surface area contributed by atoms with Crippen LogP contribution < -0.4 is 20.5 Å². The minimum atomic E-state index is 0.471. The number of nitrogen functional groups attached to an aromatic ring is 1. The third kappa shape index (κ3) is 2.94. The number of rotatable bonds is 4. The monoisotopic (exact) mass is 278 g/mol. The van der Waals surface area contributed by atoms with E-state index in [1.165, 1.54) is 19.3 Å². The smallest absolute Gasteiger partial charge is 0.162 e. The Labute approximate surface area is 121 Å². The van der Waals surface area contributed by atoms with Crippen molar-refractivity contribution in [3.63, 3.8) is 0 Å². The van der Waals surface area contributed by atoms with Gasteiger partial charge in [0, 0.05) is 18.2 Å². The third-order valence-corrected chi connectivity index (χ3v) is 4.60. The maximum Gasteiger partial charge on any atom is 0.162 e. The summed E-state index contributed by atoms with van der Waals surface area (Å²) in [5.41, 5.74) is 7.76. The lowest BCUT2D eigenvalue weighted by Gasteiger charge is -2.35. The molecule has 3 atom stereocenters. The summed E-state index contributed by atoms with van der Waals surface area (Å²) >= 11 is 0. The molecule has 0 saturated heterocycles. The van der Waals surface area contributed by atoms with Crippen LogP contribution in [-0.2, 0) is 0 Å². The van der Waals surface area contributed by atoms with Gasteiger partial charge in [0.05, 0.1) is 25.6 Å². The number of nitrogens with two attached hydrogens (primary N) is 1. The van der Waals surface area contributed by atoms with Crippen LogP contribution in [0.3, 0.4) is 0 Å². The minimum absolute atomic E-state index is 0.471. The summed E-state index contributed by atoms with van der Waals surface area (Å²) in [4.78, 5) is 0. The Bertz CT molecular complexity index is 462. The van der Waals surface area contributed by atoms with E-state index >= 15 is 0 Å². The molecule has 0 spiro atoms. The number of anilines is 2. The maximum atomic E-state index is 6.12. The van der Waals surface area contributed by atoms with Gasteiger partial charge >= 0.3 is 0 Å². The molecule has 1 aliphatic rings. The van der Waals surface area contributed by atoms with Crippen molar-refractivity contribution in [1.29, 1.82) is 0 Å². The van der Waals surface area contributed by atoms with E-state index in [0.717, 1.165) is 11.6 Å². The molecule has 1 saturated carbocycles. The van der Waals surface area contributed by atoms with Crippen LogP contribution in [0.1, 0.15) is 33.1 Å². The number of hydrogen-bond donors (Lipinski definition) is 2. The quantitative estimate of drug-likeness (QED) is 0.827. The Morgan fingerprint density at radius 2 is 1.75 bits per heavy atom. The summed E-state index contributed by atoms with van der Waals surface area (Å²) < 4.78 is 10.6. The first-order valence-electron chi connectivity index (χ1n) is 7.34. The number of nitrogens with one attached hydrogen (secondary N) is 1. The van der Waals surface area contributed by atoms with Gasteiger partial charge in [0.1, 0.15) is 0 Å². The maximum absolute atomic E-state index is 6.12. The highest BCUT2D eigenvalue weighted by Crippen LogP contribution is 2.37. The highest BCUT2D eigenvalue weighted by atomic mass is 16.5. The fourth-order valence-corrected chi connectivity index (χ4v) is 3.01. The molecule has 112 valence electrons. The molecule has 4 heteroatoms. The lowest BCUT2D eigenvalue weighted by Crippen LogP contribution is -2.35. The van der Waals surface area contributed by atoms with Crippen LogP contribution in [0.5, 0.6) is 11.5 Å². The predicted molar refractivity (Wildman–Crippen MR) is 83.5 cm³/mol. The molecule has 20 heavy (non-hydrogen) atoms. The summed E-state index contributed by atoms with van der Waals surface area (Å²) in [6.07, 6.45) is 3.79. The summed E-state index contributed by atoms with van der Waals surface area (Å²) in [6, 6.07) is 4.22. The Kier molecular flexibility index (Phi) is 4.63. The molecule has 0 radical (unpaired) electrons. The van der Waals surface area contributed by atoms with Gasteiger partial charge < -0.3 is 20.5 Å². The van der Waals surface area contributed by atoms with E-state index in [2.05, 4.69) is 19.2 Å². The molecule has 0 aliphatic heterocycles. The van der Waals surface area contributed by atoms with E-state index in [1.807, 2.05) is 12.1 Å². The van der Waals surface area contributed by atoms with Crippen molar-refractivity contribution in [1.82, 2.24) is 0 Å². The van der Waals surface area contributed by atoms with Crippen molar-refractivity contribution < 1.29 is 9.47 Å².